The predicted octanol–water partition coefficient (Wildman–Crippen LogP) is 1.95. The molecule has 102 valence electrons. The van der Waals surface area contributed by atoms with Crippen molar-refractivity contribution in [3.63, 3.8) is 0 Å². The summed E-state index contributed by atoms with van der Waals surface area (Å²) in [5.41, 5.74) is 0.414. The van der Waals surface area contributed by atoms with Gasteiger partial charge in [-0.2, -0.15) is 0 Å². The van der Waals surface area contributed by atoms with Gasteiger partial charge in [-0.1, -0.05) is 13.8 Å². The van der Waals surface area contributed by atoms with E-state index in [9.17, 15) is 0 Å². The highest BCUT2D eigenvalue weighted by Gasteiger charge is 2.30. The first-order valence-corrected chi connectivity index (χ1v) is 6.12. The van der Waals surface area contributed by atoms with Crippen LogP contribution in [-0.4, -0.2) is 50.8 Å². The zero-order chi connectivity index (χ0) is 12.0. The second-order valence-electron chi connectivity index (χ2n) is 5.01. The Labute approximate surface area is 122 Å². The summed E-state index contributed by atoms with van der Waals surface area (Å²) in [6.07, 6.45) is 1.24. The number of aliphatic imine (C=N–C) groups is 1. The summed E-state index contributed by atoms with van der Waals surface area (Å²) in [7, 11) is 1.84. The van der Waals surface area contributed by atoms with Crippen LogP contribution in [0.3, 0.4) is 0 Å². The number of hydrogen-bond donors (Lipinski definition) is 1. The number of likely N-dealkylation sites (tertiary alicyclic amines) is 1. The molecule has 0 spiro atoms. The average molecular weight is 355 g/mol. The molecule has 0 bridgehead atoms. The van der Waals surface area contributed by atoms with E-state index in [1.54, 1.807) is 0 Å². The fourth-order valence-corrected chi connectivity index (χ4v) is 2.00. The molecule has 0 amide bonds. The second-order valence-corrected chi connectivity index (χ2v) is 5.01. The maximum absolute atomic E-state index is 5.30. The number of hydrogen-bond acceptors (Lipinski definition) is 2. The molecule has 1 N–H and O–H groups in total. The maximum Gasteiger partial charge on any atom is 0.193 e. The van der Waals surface area contributed by atoms with Crippen LogP contribution in [-0.2, 0) is 4.74 Å². The average Bonchev–Trinajstić information content (AvgIpc) is 2.59. The van der Waals surface area contributed by atoms with E-state index in [1.807, 2.05) is 14.0 Å². The van der Waals surface area contributed by atoms with Crippen molar-refractivity contribution in [1.29, 1.82) is 0 Å². The molecule has 0 radical (unpaired) electrons. The quantitative estimate of drug-likeness (QED) is 0.363. The largest absolute Gasteiger partial charge is 0.380 e. The topological polar surface area (TPSA) is 36.9 Å². The van der Waals surface area contributed by atoms with Crippen molar-refractivity contribution in [1.82, 2.24) is 10.2 Å². The first kappa shape index (κ1) is 17.0. The Bertz CT molecular complexity index is 244. The van der Waals surface area contributed by atoms with E-state index in [1.165, 1.54) is 6.42 Å². The Morgan fingerprint density at radius 2 is 2.18 bits per heavy atom. The molecular formula is C12H26IN3O. The minimum Gasteiger partial charge on any atom is -0.380 e. The molecule has 0 atom stereocenters. The summed E-state index contributed by atoms with van der Waals surface area (Å²) in [6.45, 7) is 11.2. The highest BCUT2D eigenvalue weighted by molar-refractivity contribution is 14.0. The Morgan fingerprint density at radius 3 is 2.65 bits per heavy atom. The molecule has 17 heavy (non-hydrogen) atoms. The summed E-state index contributed by atoms with van der Waals surface area (Å²) in [6, 6.07) is 0. The van der Waals surface area contributed by atoms with E-state index < -0.39 is 0 Å². The first-order chi connectivity index (χ1) is 7.59. The molecule has 1 heterocycles. The van der Waals surface area contributed by atoms with Gasteiger partial charge < -0.3 is 15.0 Å². The number of nitrogens with zero attached hydrogens (tertiary/aromatic N) is 2. The van der Waals surface area contributed by atoms with Gasteiger partial charge in [-0.25, -0.2) is 0 Å². The van der Waals surface area contributed by atoms with Gasteiger partial charge >= 0.3 is 0 Å². The predicted molar refractivity (Wildman–Crippen MR) is 83.2 cm³/mol. The molecular weight excluding hydrogens is 329 g/mol. The Balaban J connectivity index is 0.00000256. The molecule has 0 aliphatic carbocycles. The van der Waals surface area contributed by atoms with Crippen LogP contribution < -0.4 is 5.32 Å². The van der Waals surface area contributed by atoms with E-state index in [-0.39, 0.29) is 24.0 Å². The van der Waals surface area contributed by atoms with Crippen molar-refractivity contribution in [3.8, 4) is 0 Å². The van der Waals surface area contributed by atoms with E-state index >= 15 is 0 Å². The van der Waals surface area contributed by atoms with Crippen molar-refractivity contribution >= 4 is 29.9 Å². The lowest BCUT2D eigenvalue weighted by Crippen LogP contribution is -2.41. The molecule has 4 nitrogen and oxygen atoms in total. The fraction of sp³-hybridized carbons (Fsp3) is 0.917. The SMILES string of the molecule is CCOCCNC(=NC)N1CCC(C)(C)C1.I. The van der Waals surface area contributed by atoms with E-state index in [2.05, 4.69) is 29.1 Å². The van der Waals surface area contributed by atoms with Gasteiger partial charge in [0.25, 0.3) is 0 Å². The molecule has 1 fully saturated rings. The zero-order valence-corrected chi connectivity index (χ0v) is 13.8. The summed E-state index contributed by atoms with van der Waals surface area (Å²) in [5, 5.41) is 3.33. The fourth-order valence-electron chi connectivity index (χ4n) is 2.00. The van der Waals surface area contributed by atoms with Crippen LogP contribution in [0.1, 0.15) is 27.2 Å². The maximum atomic E-state index is 5.30. The lowest BCUT2D eigenvalue weighted by molar-refractivity contribution is 0.152. The van der Waals surface area contributed by atoms with Crippen molar-refractivity contribution in [2.24, 2.45) is 10.4 Å². The summed E-state index contributed by atoms with van der Waals surface area (Å²) < 4.78 is 5.30. The number of guanidine groups is 1. The summed E-state index contributed by atoms with van der Waals surface area (Å²) >= 11 is 0. The van der Waals surface area contributed by atoms with Gasteiger partial charge in [0.15, 0.2) is 5.96 Å². The third-order valence-corrected chi connectivity index (χ3v) is 2.92. The number of ether oxygens (including phenoxy) is 1. The van der Waals surface area contributed by atoms with E-state index in [4.69, 9.17) is 4.74 Å². The molecule has 0 aromatic rings. The Kier molecular flexibility index (Phi) is 8.11. The molecule has 1 aliphatic heterocycles. The lowest BCUT2D eigenvalue weighted by Gasteiger charge is -2.23. The summed E-state index contributed by atoms with van der Waals surface area (Å²) in [4.78, 5) is 6.63. The lowest BCUT2D eigenvalue weighted by atomic mass is 9.93. The van der Waals surface area contributed by atoms with Gasteiger partial charge in [-0.15, -0.1) is 24.0 Å². The normalized spacial score (nSPS) is 19.1. The van der Waals surface area contributed by atoms with Crippen LogP contribution >= 0.6 is 24.0 Å². The Hall–Kier alpha value is -0.0400. The van der Waals surface area contributed by atoms with Gasteiger partial charge in [-0.05, 0) is 18.8 Å². The number of halogens is 1. The van der Waals surface area contributed by atoms with Crippen LogP contribution in [0, 0.1) is 5.41 Å². The van der Waals surface area contributed by atoms with Crippen molar-refractivity contribution in [3.05, 3.63) is 0 Å². The molecule has 1 saturated heterocycles. The van der Waals surface area contributed by atoms with Crippen molar-refractivity contribution < 1.29 is 4.74 Å². The molecule has 0 aromatic heterocycles. The van der Waals surface area contributed by atoms with Gasteiger partial charge in [0.05, 0.1) is 6.61 Å². The first-order valence-electron chi connectivity index (χ1n) is 6.12. The Morgan fingerprint density at radius 1 is 1.47 bits per heavy atom. The van der Waals surface area contributed by atoms with E-state index in [0.717, 1.165) is 38.8 Å². The van der Waals surface area contributed by atoms with Crippen LogP contribution in [0.4, 0.5) is 0 Å². The molecule has 0 saturated carbocycles. The van der Waals surface area contributed by atoms with Gasteiger partial charge in [0, 0.05) is 33.3 Å². The van der Waals surface area contributed by atoms with E-state index in [0.29, 0.717) is 5.41 Å². The minimum absolute atomic E-state index is 0. The van der Waals surface area contributed by atoms with Crippen LogP contribution in [0.5, 0.6) is 0 Å². The molecule has 1 rings (SSSR count). The minimum atomic E-state index is 0. The van der Waals surface area contributed by atoms with Crippen LogP contribution in [0.25, 0.3) is 0 Å². The molecule has 5 heteroatoms. The molecule has 1 aliphatic rings. The summed E-state index contributed by atoms with van der Waals surface area (Å²) in [5.74, 6) is 1.00. The zero-order valence-electron chi connectivity index (χ0n) is 11.5. The number of nitrogens with one attached hydrogen (secondary N) is 1. The molecule has 0 aromatic carbocycles. The van der Waals surface area contributed by atoms with Crippen molar-refractivity contribution in [2.75, 3.05) is 39.9 Å². The monoisotopic (exact) mass is 355 g/mol. The highest BCUT2D eigenvalue weighted by Crippen LogP contribution is 2.28. The second kappa shape index (κ2) is 8.13. The molecule has 0 unspecified atom stereocenters. The van der Waals surface area contributed by atoms with Gasteiger partial charge in [0.2, 0.25) is 0 Å². The van der Waals surface area contributed by atoms with Crippen LogP contribution in [0.15, 0.2) is 4.99 Å². The number of rotatable bonds is 4. The third kappa shape index (κ3) is 5.90. The van der Waals surface area contributed by atoms with Crippen LogP contribution in [0.2, 0.25) is 0 Å². The van der Waals surface area contributed by atoms with Gasteiger partial charge in [0.1, 0.15) is 0 Å². The smallest absolute Gasteiger partial charge is 0.193 e. The highest BCUT2D eigenvalue weighted by atomic mass is 127. The van der Waals surface area contributed by atoms with Gasteiger partial charge in [-0.3, -0.25) is 4.99 Å². The third-order valence-electron chi connectivity index (χ3n) is 2.92. The van der Waals surface area contributed by atoms with Crippen molar-refractivity contribution in [2.45, 2.75) is 27.2 Å². The standard InChI is InChI=1S/C12H25N3O.HI/c1-5-16-9-7-14-11(13-4)15-8-6-12(2,3)10-15;/h5-10H2,1-4H3,(H,13,14);1H.